The topological polar surface area (TPSA) is 56.8 Å². The molecule has 4 rings (SSSR count). The summed E-state index contributed by atoms with van der Waals surface area (Å²) in [4.78, 5) is 15.5. The van der Waals surface area contributed by atoms with Crippen LogP contribution in [-0.2, 0) is 0 Å². The van der Waals surface area contributed by atoms with Crippen LogP contribution in [0.3, 0.4) is 0 Å². The van der Waals surface area contributed by atoms with E-state index in [9.17, 15) is 26.7 Å². The van der Waals surface area contributed by atoms with Crippen molar-refractivity contribution < 1.29 is 31.5 Å². The number of carbonyl (C=O) groups is 1. The summed E-state index contributed by atoms with van der Waals surface area (Å²) >= 11 is 11.7. The number of amides is 1. The van der Waals surface area contributed by atoms with Crippen LogP contribution in [0, 0.1) is 29.1 Å². The van der Waals surface area contributed by atoms with Gasteiger partial charge in [-0.3, -0.25) is 10.1 Å². The predicted octanol–water partition coefficient (Wildman–Crippen LogP) is 6.28. The van der Waals surface area contributed by atoms with Crippen molar-refractivity contribution in [3.63, 3.8) is 0 Å². The molecule has 0 atom stereocenters. The molecule has 0 radical (unpaired) electrons. The maximum Gasteiger partial charge on any atom is 0.257 e. The minimum absolute atomic E-state index is 0.00448. The highest BCUT2D eigenvalue weighted by atomic mass is 35.5. The Hall–Kier alpha value is -3.64. The van der Waals surface area contributed by atoms with Crippen molar-refractivity contribution in [2.45, 2.75) is 13.3 Å². The van der Waals surface area contributed by atoms with Gasteiger partial charge in [-0.05, 0) is 55.0 Å². The number of rotatable bonds is 7. The highest BCUT2D eigenvalue weighted by Gasteiger charge is 2.31. The Balaban J connectivity index is 1.36. The minimum atomic E-state index is -2.19. The zero-order valence-electron chi connectivity index (χ0n) is 21.2. The molecular weight excluding hydrogens is 575 g/mol. The van der Waals surface area contributed by atoms with Crippen molar-refractivity contribution in [1.82, 2.24) is 5.32 Å². The van der Waals surface area contributed by atoms with Crippen LogP contribution < -0.4 is 25.2 Å². The van der Waals surface area contributed by atoms with Gasteiger partial charge in [-0.2, -0.15) is 0 Å². The molecule has 1 saturated heterocycles. The molecule has 1 heterocycles. The molecule has 13 heteroatoms. The van der Waals surface area contributed by atoms with Gasteiger partial charge in [0.15, 0.2) is 28.4 Å². The number of thiocarbonyl (C=S) groups is 1. The Kier molecular flexibility index (Phi) is 9.31. The second-order valence-corrected chi connectivity index (χ2v) is 9.66. The van der Waals surface area contributed by atoms with E-state index in [1.807, 2.05) is 11.8 Å². The molecule has 0 unspecified atom stereocenters. The number of benzene rings is 3. The van der Waals surface area contributed by atoms with Gasteiger partial charge in [0.25, 0.3) is 5.91 Å². The van der Waals surface area contributed by atoms with Crippen molar-refractivity contribution in [2.24, 2.45) is 0 Å². The fourth-order valence-electron chi connectivity index (χ4n) is 4.17. The largest absolute Gasteiger partial charge is 0.494 e. The van der Waals surface area contributed by atoms with Gasteiger partial charge in [0.05, 0.1) is 17.3 Å². The number of piperazine rings is 1. The molecule has 1 fully saturated rings. The van der Waals surface area contributed by atoms with Crippen LogP contribution in [0.4, 0.5) is 39.0 Å². The lowest BCUT2D eigenvalue weighted by atomic mass is 10.2. The monoisotopic (exact) mass is 598 g/mol. The number of hydrogen-bond acceptors (Lipinski definition) is 5. The summed E-state index contributed by atoms with van der Waals surface area (Å²) in [6, 6.07) is 11.7. The maximum absolute atomic E-state index is 14.2. The highest BCUT2D eigenvalue weighted by Crippen LogP contribution is 2.33. The second kappa shape index (κ2) is 12.7. The van der Waals surface area contributed by atoms with Crippen molar-refractivity contribution in [2.75, 3.05) is 47.9 Å². The summed E-state index contributed by atoms with van der Waals surface area (Å²) in [6.07, 6.45) is 0.834. The molecule has 1 amide bonds. The van der Waals surface area contributed by atoms with Crippen molar-refractivity contribution in [3.8, 4) is 5.75 Å². The maximum atomic E-state index is 14.2. The number of nitrogens with zero attached hydrogens (tertiary/aromatic N) is 2. The number of carbonyl (C=O) groups excluding carboxylic acids is 1. The molecule has 40 heavy (non-hydrogen) atoms. The van der Waals surface area contributed by atoms with Gasteiger partial charge >= 0.3 is 0 Å². The fraction of sp³-hybridized carbons (Fsp3) is 0.259. The fourth-order valence-corrected chi connectivity index (χ4v) is 4.68. The predicted molar refractivity (Wildman–Crippen MR) is 148 cm³/mol. The van der Waals surface area contributed by atoms with E-state index in [0.29, 0.717) is 34.3 Å². The zero-order valence-corrected chi connectivity index (χ0v) is 22.7. The Bertz CT molecular complexity index is 1410. The SMILES string of the molecule is CCCOc1cccc(C(=O)NC(=S)Nc2ccc(N3CCN(c4c(F)c(F)c(F)c(F)c4F)CC3)c(Cl)c2)c1. The number of halogens is 6. The number of ether oxygens (including phenoxy) is 1. The quantitative estimate of drug-likeness (QED) is 0.145. The van der Waals surface area contributed by atoms with E-state index in [2.05, 4.69) is 10.6 Å². The Labute approximate surface area is 237 Å². The third-order valence-electron chi connectivity index (χ3n) is 6.12. The van der Waals surface area contributed by atoms with Crippen molar-refractivity contribution in [1.29, 1.82) is 0 Å². The molecular formula is C27H24ClF5N4O2S. The Morgan fingerprint density at radius 3 is 2.17 bits per heavy atom. The smallest absolute Gasteiger partial charge is 0.257 e. The molecule has 0 spiro atoms. The van der Waals surface area contributed by atoms with Crippen LogP contribution >= 0.6 is 23.8 Å². The standard InChI is InChI=1S/C27H24ClF5N4O2S/c1-2-12-39-17-5-3-4-15(13-17)26(38)35-27(40)34-16-6-7-19(18(28)14-16)36-8-10-37(11-9-36)25-23(32)21(30)20(29)22(31)24(25)33/h3-7,13-14H,2,8-12H2,1H3,(H2,34,35,38,40). The van der Waals surface area contributed by atoms with Crippen LogP contribution in [0.1, 0.15) is 23.7 Å². The number of nitrogens with one attached hydrogen (secondary N) is 2. The molecule has 0 aromatic heterocycles. The van der Waals surface area contributed by atoms with E-state index in [-0.39, 0.29) is 31.3 Å². The summed E-state index contributed by atoms with van der Waals surface area (Å²) in [5.74, 6) is -9.73. The average Bonchev–Trinajstić information content (AvgIpc) is 2.94. The first-order valence-electron chi connectivity index (χ1n) is 12.3. The van der Waals surface area contributed by atoms with Gasteiger partial charge in [0, 0.05) is 37.4 Å². The van der Waals surface area contributed by atoms with E-state index in [1.54, 1.807) is 42.5 Å². The average molecular weight is 599 g/mol. The van der Waals surface area contributed by atoms with Crippen LogP contribution in [0.2, 0.25) is 5.02 Å². The number of anilines is 3. The van der Waals surface area contributed by atoms with E-state index in [0.717, 1.165) is 11.3 Å². The van der Waals surface area contributed by atoms with Gasteiger partial charge in [0.2, 0.25) is 5.82 Å². The van der Waals surface area contributed by atoms with Crippen LogP contribution in [0.5, 0.6) is 5.75 Å². The summed E-state index contributed by atoms with van der Waals surface area (Å²) in [5, 5.41) is 5.86. The molecule has 1 aliphatic heterocycles. The summed E-state index contributed by atoms with van der Waals surface area (Å²) in [6.45, 7) is 2.92. The first-order valence-corrected chi connectivity index (χ1v) is 13.0. The van der Waals surface area contributed by atoms with Gasteiger partial charge in [-0.1, -0.05) is 24.6 Å². The second-order valence-electron chi connectivity index (χ2n) is 8.84. The van der Waals surface area contributed by atoms with Crippen LogP contribution in [0.25, 0.3) is 0 Å². The van der Waals surface area contributed by atoms with E-state index in [1.165, 1.54) is 0 Å². The molecule has 3 aromatic rings. The van der Waals surface area contributed by atoms with Gasteiger partial charge in [-0.25, -0.2) is 22.0 Å². The van der Waals surface area contributed by atoms with Crippen LogP contribution in [-0.4, -0.2) is 43.8 Å². The Morgan fingerprint density at radius 2 is 1.55 bits per heavy atom. The van der Waals surface area contributed by atoms with E-state index in [4.69, 9.17) is 28.6 Å². The molecule has 212 valence electrons. The molecule has 3 aromatic carbocycles. The third-order valence-corrected chi connectivity index (χ3v) is 6.63. The molecule has 6 nitrogen and oxygen atoms in total. The van der Waals surface area contributed by atoms with E-state index < -0.39 is 40.7 Å². The summed E-state index contributed by atoms with van der Waals surface area (Å²) in [7, 11) is 0. The third kappa shape index (κ3) is 6.39. The summed E-state index contributed by atoms with van der Waals surface area (Å²) in [5.41, 5.74) is 0.524. The molecule has 0 bridgehead atoms. The first-order chi connectivity index (χ1) is 19.1. The highest BCUT2D eigenvalue weighted by molar-refractivity contribution is 7.80. The minimum Gasteiger partial charge on any atom is -0.494 e. The van der Waals surface area contributed by atoms with Gasteiger partial charge in [0.1, 0.15) is 11.4 Å². The van der Waals surface area contributed by atoms with Crippen LogP contribution in [0.15, 0.2) is 42.5 Å². The molecule has 0 saturated carbocycles. The lowest BCUT2D eigenvalue weighted by Gasteiger charge is -2.38. The molecule has 2 N–H and O–H groups in total. The van der Waals surface area contributed by atoms with Crippen molar-refractivity contribution in [3.05, 3.63) is 82.1 Å². The zero-order chi connectivity index (χ0) is 29.0. The molecule has 1 aliphatic rings. The lowest BCUT2D eigenvalue weighted by molar-refractivity contribution is 0.0977. The normalized spacial score (nSPS) is 13.3. The molecule has 0 aliphatic carbocycles. The van der Waals surface area contributed by atoms with E-state index >= 15 is 0 Å². The Morgan fingerprint density at radius 1 is 0.925 bits per heavy atom. The first kappa shape index (κ1) is 29.3. The van der Waals surface area contributed by atoms with Crippen molar-refractivity contribution >= 4 is 51.9 Å². The van der Waals surface area contributed by atoms with Gasteiger partial charge in [-0.15, -0.1) is 0 Å². The lowest BCUT2D eigenvalue weighted by Crippen LogP contribution is -2.47. The number of hydrogen-bond donors (Lipinski definition) is 2. The van der Waals surface area contributed by atoms with Gasteiger partial charge < -0.3 is 19.9 Å². The summed E-state index contributed by atoms with van der Waals surface area (Å²) < 4.78 is 74.6.